The molecule has 1 aromatic rings. The molecular weight excluding hydrogens is 266 g/mol. The topological polar surface area (TPSA) is 39.7 Å². The smallest absolute Gasteiger partial charge is 0.231 e. The van der Waals surface area contributed by atoms with Gasteiger partial charge in [-0.15, -0.1) is 0 Å². The van der Waals surface area contributed by atoms with Gasteiger partial charge in [-0.2, -0.15) is 0 Å². The summed E-state index contributed by atoms with van der Waals surface area (Å²) in [6, 6.07) is 7.41. The third kappa shape index (κ3) is 3.69. The van der Waals surface area contributed by atoms with Crippen molar-refractivity contribution in [3.63, 3.8) is 0 Å². The van der Waals surface area contributed by atoms with Gasteiger partial charge in [0.25, 0.3) is 0 Å². The second-order valence-electron chi connectivity index (χ2n) is 6.04. The fourth-order valence-electron chi connectivity index (χ4n) is 3.04. The van der Waals surface area contributed by atoms with Crippen LogP contribution in [0.25, 0.3) is 0 Å². The highest BCUT2D eigenvalue weighted by molar-refractivity contribution is 5.44. The third-order valence-electron chi connectivity index (χ3n) is 4.32. The predicted molar refractivity (Wildman–Crippen MR) is 81.9 cm³/mol. The largest absolute Gasteiger partial charge is 0.454 e. The molecule has 0 radical (unpaired) electrons. The van der Waals surface area contributed by atoms with Crippen LogP contribution in [0, 0.1) is 0 Å². The summed E-state index contributed by atoms with van der Waals surface area (Å²) in [6.45, 7) is 5.51. The van der Waals surface area contributed by atoms with Gasteiger partial charge in [0, 0.05) is 18.7 Å². The Labute approximate surface area is 126 Å². The van der Waals surface area contributed by atoms with Crippen molar-refractivity contribution in [2.24, 2.45) is 0 Å². The van der Waals surface area contributed by atoms with Crippen molar-refractivity contribution in [1.82, 2.24) is 5.32 Å². The average molecular weight is 291 g/mol. The molecule has 1 atom stereocenters. The summed E-state index contributed by atoms with van der Waals surface area (Å²) >= 11 is 0. The van der Waals surface area contributed by atoms with E-state index in [1.807, 2.05) is 6.07 Å². The molecule has 1 N–H and O–H groups in total. The first-order valence-electron chi connectivity index (χ1n) is 8.00. The molecule has 116 valence electrons. The van der Waals surface area contributed by atoms with Crippen LogP contribution in [0.3, 0.4) is 0 Å². The number of ether oxygens (including phenoxy) is 3. The molecule has 4 heteroatoms. The summed E-state index contributed by atoms with van der Waals surface area (Å²) in [7, 11) is 0. The Morgan fingerprint density at radius 1 is 1.29 bits per heavy atom. The molecule has 21 heavy (non-hydrogen) atoms. The molecular formula is C17H25NO3. The maximum absolute atomic E-state index is 5.60. The number of rotatable bonds is 7. The van der Waals surface area contributed by atoms with Gasteiger partial charge in [0.05, 0.1) is 6.10 Å². The van der Waals surface area contributed by atoms with Gasteiger partial charge in [-0.25, -0.2) is 0 Å². The lowest BCUT2D eigenvalue weighted by molar-refractivity contribution is -0.0121. The van der Waals surface area contributed by atoms with E-state index in [1.54, 1.807) is 0 Å². The summed E-state index contributed by atoms with van der Waals surface area (Å²) in [5, 5.41) is 3.69. The maximum atomic E-state index is 5.60. The lowest BCUT2D eigenvalue weighted by Crippen LogP contribution is -2.48. The van der Waals surface area contributed by atoms with Gasteiger partial charge in [0.2, 0.25) is 6.79 Å². The fourth-order valence-corrected chi connectivity index (χ4v) is 3.04. The molecule has 0 spiro atoms. The van der Waals surface area contributed by atoms with Gasteiger partial charge in [-0.05, 0) is 57.2 Å². The van der Waals surface area contributed by atoms with E-state index in [1.165, 1.54) is 5.56 Å². The Balaban J connectivity index is 1.39. The number of hydrogen-bond acceptors (Lipinski definition) is 4. The molecule has 1 fully saturated rings. The Morgan fingerprint density at radius 2 is 2.10 bits per heavy atom. The standard InChI is InChI=1S/C17H25NO3/c1-3-19-15-9-14(10-15)18-12(2)4-5-13-6-7-16-17(8-13)21-11-20-16/h6-8,12,14-15,18H,3-5,9-11H2,1-2H3. The van der Waals surface area contributed by atoms with E-state index in [9.17, 15) is 0 Å². The van der Waals surface area contributed by atoms with E-state index in [-0.39, 0.29) is 0 Å². The fraction of sp³-hybridized carbons (Fsp3) is 0.647. The summed E-state index contributed by atoms with van der Waals surface area (Å²) in [4.78, 5) is 0. The van der Waals surface area contributed by atoms with E-state index in [4.69, 9.17) is 14.2 Å². The van der Waals surface area contributed by atoms with Crippen LogP contribution in [0.4, 0.5) is 0 Å². The number of aryl methyl sites for hydroxylation is 1. The lowest BCUT2D eigenvalue weighted by Gasteiger charge is -2.37. The number of fused-ring (bicyclic) bond motifs is 1. The first-order valence-corrected chi connectivity index (χ1v) is 8.00. The molecule has 2 aliphatic rings. The van der Waals surface area contributed by atoms with Crippen LogP contribution in [0.15, 0.2) is 18.2 Å². The van der Waals surface area contributed by atoms with E-state index < -0.39 is 0 Å². The quantitative estimate of drug-likeness (QED) is 0.838. The van der Waals surface area contributed by atoms with Gasteiger partial charge in [0.15, 0.2) is 11.5 Å². The van der Waals surface area contributed by atoms with E-state index >= 15 is 0 Å². The number of benzene rings is 1. The Hall–Kier alpha value is -1.26. The van der Waals surface area contributed by atoms with Crippen molar-refractivity contribution in [1.29, 1.82) is 0 Å². The van der Waals surface area contributed by atoms with Crippen molar-refractivity contribution in [3.05, 3.63) is 23.8 Å². The minimum absolute atomic E-state index is 0.347. The maximum Gasteiger partial charge on any atom is 0.231 e. The highest BCUT2D eigenvalue weighted by atomic mass is 16.7. The third-order valence-corrected chi connectivity index (χ3v) is 4.32. The molecule has 3 rings (SSSR count). The summed E-state index contributed by atoms with van der Waals surface area (Å²) in [5.74, 6) is 1.74. The van der Waals surface area contributed by atoms with Gasteiger partial charge in [-0.1, -0.05) is 6.07 Å². The van der Waals surface area contributed by atoms with Crippen LogP contribution in [-0.4, -0.2) is 31.6 Å². The molecule has 1 unspecified atom stereocenters. The Morgan fingerprint density at radius 3 is 2.90 bits per heavy atom. The van der Waals surface area contributed by atoms with Gasteiger partial charge < -0.3 is 19.5 Å². The molecule has 0 aromatic heterocycles. The normalized spacial score (nSPS) is 24.7. The number of nitrogens with one attached hydrogen (secondary N) is 1. The second kappa shape index (κ2) is 6.67. The van der Waals surface area contributed by atoms with E-state index in [0.29, 0.717) is 25.0 Å². The lowest BCUT2D eigenvalue weighted by atomic mass is 9.88. The van der Waals surface area contributed by atoms with Crippen LogP contribution in [0.1, 0.15) is 38.7 Å². The van der Waals surface area contributed by atoms with E-state index in [2.05, 4.69) is 31.3 Å². The van der Waals surface area contributed by atoms with Crippen molar-refractivity contribution in [2.75, 3.05) is 13.4 Å². The zero-order chi connectivity index (χ0) is 14.7. The van der Waals surface area contributed by atoms with Crippen molar-refractivity contribution in [2.45, 2.75) is 57.7 Å². The number of hydrogen-bond donors (Lipinski definition) is 1. The average Bonchev–Trinajstić information content (AvgIpc) is 2.90. The van der Waals surface area contributed by atoms with Crippen LogP contribution < -0.4 is 14.8 Å². The Kier molecular flexibility index (Phi) is 4.66. The zero-order valence-electron chi connectivity index (χ0n) is 12.9. The minimum atomic E-state index is 0.347. The molecule has 0 bridgehead atoms. The second-order valence-corrected chi connectivity index (χ2v) is 6.04. The van der Waals surface area contributed by atoms with Gasteiger partial charge in [0.1, 0.15) is 0 Å². The van der Waals surface area contributed by atoms with Crippen LogP contribution in [0.2, 0.25) is 0 Å². The van der Waals surface area contributed by atoms with Crippen LogP contribution in [0.5, 0.6) is 11.5 Å². The summed E-state index contributed by atoms with van der Waals surface area (Å²) in [6.07, 6.45) is 4.99. The van der Waals surface area contributed by atoms with Gasteiger partial charge >= 0.3 is 0 Å². The molecule has 1 heterocycles. The highest BCUT2D eigenvalue weighted by Crippen LogP contribution is 2.33. The minimum Gasteiger partial charge on any atom is -0.454 e. The van der Waals surface area contributed by atoms with Crippen LogP contribution >= 0.6 is 0 Å². The first-order chi connectivity index (χ1) is 10.2. The molecule has 1 aliphatic carbocycles. The predicted octanol–water partition coefficient (Wildman–Crippen LogP) is 2.89. The molecule has 1 saturated carbocycles. The first kappa shape index (κ1) is 14.7. The monoisotopic (exact) mass is 291 g/mol. The molecule has 1 aromatic carbocycles. The van der Waals surface area contributed by atoms with Crippen LogP contribution in [-0.2, 0) is 11.2 Å². The zero-order valence-corrected chi connectivity index (χ0v) is 12.9. The Bertz CT molecular complexity index is 471. The van der Waals surface area contributed by atoms with Crippen molar-refractivity contribution in [3.8, 4) is 11.5 Å². The van der Waals surface area contributed by atoms with E-state index in [0.717, 1.165) is 43.8 Å². The molecule has 1 aliphatic heterocycles. The molecule has 0 amide bonds. The molecule has 0 saturated heterocycles. The SMILES string of the molecule is CCOC1CC(NC(C)CCc2ccc3c(c2)OCO3)C1. The highest BCUT2D eigenvalue weighted by Gasteiger charge is 2.29. The summed E-state index contributed by atoms with van der Waals surface area (Å²) < 4.78 is 16.4. The molecule has 4 nitrogen and oxygen atoms in total. The van der Waals surface area contributed by atoms with Crippen molar-refractivity contribution < 1.29 is 14.2 Å². The van der Waals surface area contributed by atoms with Gasteiger partial charge in [-0.3, -0.25) is 0 Å². The summed E-state index contributed by atoms with van der Waals surface area (Å²) in [5.41, 5.74) is 1.31. The van der Waals surface area contributed by atoms with Crippen molar-refractivity contribution >= 4 is 0 Å².